The van der Waals surface area contributed by atoms with Crippen molar-refractivity contribution in [3.05, 3.63) is 29.3 Å². The van der Waals surface area contributed by atoms with E-state index in [0.717, 1.165) is 31.4 Å². The van der Waals surface area contributed by atoms with Gasteiger partial charge in [-0.15, -0.1) is 0 Å². The molecule has 1 saturated carbocycles. The molecule has 1 aromatic carbocycles. The van der Waals surface area contributed by atoms with Crippen molar-refractivity contribution in [2.45, 2.75) is 25.4 Å². The van der Waals surface area contributed by atoms with Gasteiger partial charge in [-0.25, -0.2) is 4.39 Å². The number of primary amides is 1. The summed E-state index contributed by atoms with van der Waals surface area (Å²) in [5.74, 6) is -3.38. The highest BCUT2D eigenvalue weighted by Gasteiger charge is 2.25. The minimum absolute atomic E-state index is 0.120. The Bertz CT molecular complexity index is 430. The molecule has 86 valence electrons. The summed E-state index contributed by atoms with van der Waals surface area (Å²) < 4.78 is 31.7. The third-order valence-corrected chi connectivity index (χ3v) is 2.65. The molecule has 0 heterocycles. The van der Waals surface area contributed by atoms with Gasteiger partial charge in [0.25, 0.3) is 5.91 Å². The lowest BCUT2D eigenvalue weighted by atomic mass is 9.96. The quantitative estimate of drug-likeness (QED) is 0.858. The molecule has 0 saturated heterocycles. The summed E-state index contributed by atoms with van der Waals surface area (Å²) in [5.41, 5.74) is 4.94. The molecule has 5 heteroatoms. The van der Waals surface area contributed by atoms with Crippen LogP contribution in [0.2, 0.25) is 0 Å². The van der Waals surface area contributed by atoms with E-state index < -0.39 is 17.5 Å². The molecule has 1 aromatic rings. The van der Waals surface area contributed by atoms with Crippen molar-refractivity contribution in [3.63, 3.8) is 0 Å². The minimum atomic E-state index is -1.15. The summed E-state index contributed by atoms with van der Waals surface area (Å²) in [6.07, 6.45) is 2.42. The second-order valence-electron chi connectivity index (χ2n) is 3.77. The van der Waals surface area contributed by atoms with Crippen molar-refractivity contribution in [2.75, 3.05) is 0 Å². The molecule has 1 fully saturated rings. The number of amides is 1. The Hall–Kier alpha value is -1.65. The maximum Gasteiger partial charge on any atom is 0.252 e. The lowest BCUT2D eigenvalue weighted by Gasteiger charge is -2.27. The zero-order valence-electron chi connectivity index (χ0n) is 8.50. The van der Waals surface area contributed by atoms with E-state index in [2.05, 4.69) is 0 Å². The zero-order valence-corrected chi connectivity index (χ0v) is 8.50. The van der Waals surface area contributed by atoms with Crippen molar-refractivity contribution in [1.82, 2.24) is 0 Å². The van der Waals surface area contributed by atoms with Crippen LogP contribution < -0.4 is 10.5 Å². The summed E-state index contributed by atoms with van der Waals surface area (Å²) in [4.78, 5) is 11.0. The fourth-order valence-electron chi connectivity index (χ4n) is 1.50. The van der Waals surface area contributed by atoms with Crippen molar-refractivity contribution >= 4 is 5.91 Å². The topological polar surface area (TPSA) is 52.3 Å². The van der Waals surface area contributed by atoms with Gasteiger partial charge in [0.15, 0.2) is 11.6 Å². The van der Waals surface area contributed by atoms with Crippen LogP contribution in [0.3, 0.4) is 0 Å². The van der Waals surface area contributed by atoms with Crippen molar-refractivity contribution in [1.29, 1.82) is 0 Å². The molecule has 0 atom stereocenters. The Kier molecular flexibility index (Phi) is 2.77. The first-order valence-corrected chi connectivity index (χ1v) is 5.04. The summed E-state index contributed by atoms with van der Waals surface area (Å²) in [7, 11) is 0. The third-order valence-electron chi connectivity index (χ3n) is 2.65. The second-order valence-corrected chi connectivity index (χ2v) is 3.77. The number of hydrogen-bond acceptors (Lipinski definition) is 2. The molecule has 0 unspecified atom stereocenters. The van der Waals surface area contributed by atoms with Gasteiger partial charge in [-0.1, -0.05) is 0 Å². The molecule has 16 heavy (non-hydrogen) atoms. The van der Waals surface area contributed by atoms with Crippen molar-refractivity contribution in [3.8, 4) is 5.75 Å². The number of benzene rings is 1. The lowest BCUT2D eigenvalue weighted by Crippen LogP contribution is -2.27. The Balaban J connectivity index is 2.37. The highest BCUT2D eigenvalue weighted by molar-refractivity contribution is 5.95. The molecule has 1 aliphatic rings. The smallest absolute Gasteiger partial charge is 0.252 e. The van der Waals surface area contributed by atoms with Gasteiger partial charge >= 0.3 is 0 Å². The van der Waals surface area contributed by atoms with Crippen molar-refractivity contribution in [2.24, 2.45) is 5.73 Å². The van der Waals surface area contributed by atoms with Gasteiger partial charge < -0.3 is 10.5 Å². The zero-order chi connectivity index (χ0) is 11.7. The van der Waals surface area contributed by atoms with E-state index in [-0.39, 0.29) is 17.4 Å². The number of carbonyl (C=O) groups is 1. The van der Waals surface area contributed by atoms with Crippen LogP contribution in [0, 0.1) is 11.6 Å². The van der Waals surface area contributed by atoms with Gasteiger partial charge in [0, 0.05) is 0 Å². The normalized spacial score (nSPS) is 15.6. The number of hydrogen-bond donors (Lipinski definition) is 1. The van der Waals surface area contributed by atoms with Crippen LogP contribution in [0.1, 0.15) is 29.6 Å². The SMILES string of the molecule is NC(=O)c1ccc(F)c(F)c1OC1CCC1. The van der Waals surface area contributed by atoms with Crippen molar-refractivity contribution < 1.29 is 18.3 Å². The molecular formula is C11H11F2NO2. The van der Waals surface area contributed by atoms with Gasteiger partial charge in [-0.05, 0) is 31.4 Å². The number of ether oxygens (including phenoxy) is 1. The van der Waals surface area contributed by atoms with Gasteiger partial charge in [0.05, 0.1) is 11.7 Å². The first kappa shape index (κ1) is 10.9. The second kappa shape index (κ2) is 4.08. The fourth-order valence-corrected chi connectivity index (χ4v) is 1.50. The van der Waals surface area contributed by atoms with Crippen LogP contribution in [0.15, 0.2) is 12.1 Å². The summed E-state index contributed by atoms with van der Waals surface area (Å²) >= 11 is 0. The Morgan fingerprint density at radius 3 is 2.56 bits per heavy atom. The first-order valence-electron chi connectivity index (χ1n) is 5.04. The molecule has 3 nitrogen and oxygen atoms in total. The monoisotopic (exact) mass is 227 g/mol. The van der Waals surface area contributed by atoms with Gasteiger partial charge in [-0.2, -0.15) is 4.39 Å². The Morgan fingerprint density at radius 2 is 2.06 bits per heavy atom. The molecule has 0 bridgehead atoms. The number of nitrogens with two attached hydrogens (primary N) is 1. The van der Waals surface area contributed by atoms with E-state index in [0.29, 0.717) is 0 Å². The van der Waals surface area contributed by atoms with Gasteiger partial charge in [0.2, 0.25) is 5.82 Å². The molecule has 2 rings (SSSR count). The molecule has 1 amide bonds. The maximum absolute atomic E-state index is 13.4. The summed E-state index contributed by atoms with van der Waals surface area (Å²) in [6, 6.07) is 2.00. The summed E-state index contributed by atoms with van der Waals surface area (Å²) in [5, 5.41) is 0. The van der Waals surface area contributed by atoms with E-state index >= 15 is 0 Å². The largest absolute Gasteiger partial charge is 0.486 e. The molecular weight excluding hydrogens is 216 g/mol. The average molecular weight is 227 g/mol. The van der Waals surface area contributed by atoms with Gasteiger partial charge in [0.1, 0.15) is 0 Å². The van der Waals surface area contributed by atoms with Gasteiger partial charge in [-0.3, -0.25) is 4.79 Å². The minimum Gasteiger partial charge on any atom is -0.486 e. The van der Waals surface area contributed by atoms with Crippen LogP contribution in [0.25, 0.3) is 0 Å². The number of halogens is 2. The molecule has 0 spiro atoms. The van der Waals surface area contributed by atoms with Crippen LogP contribution in [0.4, 0.5) is 8.78 Å². The summed E-state index contributed by atoms with van der Waals surface area (Å²) in [6.45, 7) is 0. The van der Waals surface area contributed by atoms with Crippen LogP contribution >= 0.6 is 0 Å². The Morgan fingerprint density at radius 1 is 1.38 bits per heavy atom. The highest BCUT2D eigenvalue weighted by Crippen LogP contribution is 2.30. The van der Waals surface area contributed by atoms with E-state index in [1.165, 1.54) is 0 Å². The predicted octanol–water partition coefficient (Wildman–Crippen LogP) is 2.00. The third kappa shape index (κ3) is 1.85. The van der Waals surface area contributed by atoms with Crippen LogP contribution in [-0.2, 0) is 0 Å². The van der Waals surface area contributed by atoms with Crippen LogP contribution in [-0.4, -0.2) is 12.0 Å². The van der Waals surface area contributed by atoms with E-state index in [1.807, 2.05) is 0 Å². The van der Waals surface area contributed by atoms with Crippen LogP contribution in [0.5, 0.6) is 5.75 Å². The Labute approximate surface area is 91.2 Å². The molecule has 0 radical (unpaired) electrons. The fraction of sp³-hybridized carbons (Fsp3) is 0.364. The molecule has 1 aliphatic carbocycles. The standard InChI is InChI=1S/C11H11F2NO2/c12-8-5-4-7(11(14)15)10(9(8)13)16-6-2-1-3-6/h4-6H,1-3H2,(H2,14,15). The first-order chi connectivity index (χ1) is 7.59. The molecule has 2 N–H and O–H groups in total. The molecule has 0 aliphatic heterocycles. The molecule has 0 aromatic heterocycles. The number of carbonyl (C=O) groups excluding carboxylic acids is 1. The number of rotatable bonds is 3. The predicted molar refractivity (Wildman–Crippen MR) is 53.1 cm³/mol. The lowest BCUT2D eigenvalue weighted by molar-refractivity contribution is 0.0958. The van der Waals surface area contributed by atoms with E-state index in [1.54, 1.807) is 0 Å². The highest BCUT2D eigenvalue weighted by atomic mass is 19.2. The maximum atomic E-state index is 13.4. The van der Waals surface area contributed by atoms with E-state index in [4.69, 9.17) is 10.5 Å². The average Bonchev–Trinajstić information content (AvgIpc) is 2.17. The van der Waals surface area contributed by atoms with E-state index in [9.17, 15) is 13.6 Å².